The highest BCUT2D eigenvalue weighted by molar-refractivity contribution is 6.43. The van der Waals surface area contributed by atoms with Gasteiger partial charge < -0.3 is 30.8 Å². The lowest BCUT2D eigenvalue weighted by molar-refractivity contribution is -0.306. The second kappa shape index (κ2) is 11.6. The van der Waals surface area contributed by atoms with Gasteiger partial charge in [-0.25, -0.2) is 5.84 Å². The molecule has 0 saturated heterocycles. The molecule has 1 aromatic rings. The molecule has 12 heteroatoms. The van der Waals surface area contributed by atoms with Crippen molar-refractivity contribution in [3.63, 3.8) is 0 Å². The fourth-order valence-corrected chi connectivity index (χ4v) is 3.05. The molecule has 0 heterocycles. The van der Waals surface area contributed by atoms with Gasteiger partial charge in [-0.15, -0.1) is 13.2 Å². The van der Waals surface area contributed by atoms with Crippen LogP contribution in [0.1, 0.15) is 31.2 Å². The van der Waals surface area contributed by atoms with Crippen LogP contribution in [0.3, 0.4) is 0 Å². The number of benzene rings is 1. The summed E-state index contributed by atoms with van der Waals surface area (Å²) in [6.45, 7) is 0.0970. The number of nitrogens with one attached hydrogen (secondary N) is 1. The van der Waals surface area contributed by atoms with E-state index >= 15 is 0 Å². The number of hydrogen-bond donors (Lipinski definition) is 5. The minimum atomic E-state index is -4.80. The van der Waals surface area contributed by atoms with Gasteiger partial charge in [0.15, 0.2) is 0 Å². The summed E-state index contributed by atoms with van der Waals surface area (Å²) in [5.41, 5.74) is 7.52. The zero-order valence-electron chi connectivity index (χ0n) is 17.3. The molecule has 1 amide bonds. The van der Waals surface area contributed by atoms with Crippen molar-refractivity contribution in [2.24, 2.45) is 11.6 Å². The number of carbonyl (C=O) groups is 1. The van der Waals surface area contributed by atoms with Crippen molar-refractivity contribution >= 4 is 18.7 Å². The van der Waals surface area contributed by atoms with Crippen LogP contribution < -0.4 is 16.9 Å². The molecule has 8 nitrogen and oxygen atoms in total. The van der Waals surface area contributed by atoms with Crippen LogP contribution in [0.15, 0.2) is 60.0 Å². The maximum absolute atomic E-state index is 12.4. The predicted octanol–water partition coefficient (Wildman–Crippen LogP) is 1.54. The van der Waals surface area contributed by atoms with E-state index in [-0.39, 0.29) is 31.6 Å². The Labute approximate surface area is 184 Å². The molecule has 0 fully saturated rings. The molecule has 1 aliphatic rings. The summed E-state index contributed by atoms with van der Waals surface area (Å²) < 4.78 is 41.2. The third kappa shape index (κ3) is 9.04. The van der Waals surface area contributed by atoms with E-state index in [1.54, 1.807) is 18.2 Å². The smallest absolute Gasteiger partial charge is 0.426 e. The highest BCUT2D eigenvalue weighted by Crippen LogP contribution is 2.28. The van der Waals surface area contributed by atoms with Gasteiger partial charge in [0.2, 0.25) is 5.91 Å². The van der Waals surface area contributed by atoms with Gasteiger partial charge in [0.05, 0.1) is 11.6 Å². The van der Waals surface area contributed by atoms with Crippen LogP contribution in [-0.2, 0) is 9.53 Å². The molecule has 1 aliphatic carbocycles. The summed E-state index contributed by atoms with van der Waals surface area (Å²) in [4.78, 5) is 12.2. The molecular weight excluding hydrogens is 428 g/mol. The van der Waals surface area contributed by atoms with Crippen LogP contribution >= 0.6 is 0 Å². The molecule has 0 bridgehead atoms. The third-order valence-corrected chi connectivity index (χ3v) is 4.56. The standard InChI is InChI=1S/C20H26BF3N4O4/c22-20(23,24)32-16-8-4-5-14(11-16)12-18(21(30)31)27-19(29)9-10-28(26)13-17(25)15-6-2-1-3-7-15/h1-3,5-7,11,13,18,30-31H,4,8-10,12,25-26H2,(H,27,29)/b17-13-/t18-/m0/s1. The number of alkyl halides is 3. The lowest BCUT2D eigenvalue weighted by Crippen LogP contribution is -2.47. The van der Waals surface area contributed by atoms with Crippen molar-refractivity contribution < 1.29 is 32.8 Å². The van der Waals surface area contributed by atoms with E-state index in [0.717, 1.165) is 5.56 Å². The Bertz CT molecular complexity index is 860. The zero-order chi connectivity index (χ0) is 23.7. The maximum atomic E-state index is 12.4. The number of amides is 1. The number of allylic oxidation sites excluding steroid dienone is 3. The SMILES string of the molecule is N/C(=C\N(N)CCC(=O)N[C@@H](CC1=CCCC(OC(F)(F)F)=C1)B(O)O)c1ccccc1. The first kappa shape index (κ1) is 25.3. The molecule has 0 unspecified atom stereocenters. The highest BCUT2D eigenvalue weighted by atomic mass is 19.4. The second-order valence-electron chi connectivity index (χ2n) is 7.21. The molecule has 2 rings (SSSR count). The molecule has 0 aliphatic heterocycles. The van der Waals surface area contributed by atoms with Gasteiger partial charge in [0, 0.05) is 25.6 Å². The second-order valence-corrected chi connectivity index (χ2v) is 7.21. The van der Waals surface area contributed by atoms with Crippen LogP contribution in [0, 0.1) is 0 Å². The molecule has 174 valence electrons. The first-order valence-electron chi connectivity index (χ1n) is 9.88. The Morgan fingerprint density at radius 3 is 2.62 bits per heavy atom. The fraction of sp³-hybridized carbons (Fsp3) is 0.350. The van der Waals surface area contributed by atoms with E-state index in [1.807, 2.05) is 18.2 Å². The number of halogens is 3. The van der Waals surface area contributed by atoms with Crippen LogP contribution in [0.25, 0.3) is 5.70 Å². The molecule has 0 saturated carbocycles. The Balaban J connectivity index is 1.88. The summed E-state index contributed by atoms with van der Waals surface area (Å²) in [5.74, 6) is 3.94. The third-order valence-electron chi connectivity index (χ3n) is 4.56. The predicted molar refractivity (Wildman–Crippen MR) is 113 cm³/mol. The number of ether oxygens (including phenoxy) is 1. The normalized spacial score (nSPS) is 15.4. The first-order valence-corrected chi connectivity index (χ1v) is 9.88. The van der Waals surface area contributed by atoms with Crippen molar-refractivity contribution in [3.8, 4) is 0 Å². The van der Waals surface area contributed by atoms with E-state index in [2.05, 4.69) is 10.1 Å². The quantitative estimate of drug-likeness (QED) is 0.206. The van der Waals surface area contributed by atoms with E-state index in [4.69, 9.17) is 11.6 Å². The molecule has 1 atom stereocenters. The van der Waals surface area contributed by atoms with Crippen molar-refractivity contribution in [1.29, 1.82) is 0 Å². The Hall–Kier alpha value is -2.96. The fourth-order valence-electron chi connectivity index (χ4n) is 3.05. The number of rotatable bonds is 10. The van der Waals surface area contributed by atoms with Gasteiger partial charge in [-0.2, -0.15) is 0 Å². The lowest BCUT2D eigenvalue weighted by Gasteiger charge is -2.22. The molecule has 0 aromatic heterocycles. The Morgan fingerprint density at radius 2 is 2.00 bits per heavy atom. The van der Waals surface area contributed by atoms with Crippen molar-refractivity contribution in [3.05, 3.63) is 65.6 Å². The average molecular weight is 454 g/mol. The summed E-state index contributed by atoms with van der Waals surface area (Å²) >= 11 is 0. The number of hydrogen-bond acceptors (Lipinski definition) is 7. The number of nitrogens with two attached hydrogens (primary N) is 2. The van der Waals surface area contributed by atoms with E-state index < -0.39 is 25.3 Å². The largest absolute Gasteiger partial charge is 0.572 e. The van der Waals surface area contributed by atoms with Gasteiger partial charge in [-0.05, 0) is 30.1 Å². The van der Waals surface area contributed by atoms with Crippen LogP contribution in [0.4, 0.5) is 13.2 Å². The van der Waals surface area contributed by atoms with Gasteiger partial charge in [0.25, 0.3) is 0 Å². The molecule has 1 aromatic carbocycles. The van der Waals surface area contributed by atoms with Crippen LogP contribution in [0.2, 0.25) is 0 Å². The molecule has 0 spiro atoms. The number of hydrazine groups is 1. The number of carbonyl (C=O) groups excluding carboxylic acids is 1. The van der Waals surface area contributed by atoms with Crippen molar-refractivity contribution in [2.75, 3.05) is 6.54 Å². The molecule has 32 heavy (non-hydrogen) atoms. The van der Waals surface area contributed by atoms with Crippen LogP contribution in [0.5, 0.6) is 0 Å². The summed E-state index contributed by atoms with van der Waals surface area (Å²) in [6, 6.07) is 9.09. The minimum absolute atomic E-state index is 0.0738. The van der Waals surface area contributed by atoms with Gasteiger partial charge >= 0.3 is 13.5 Å². The molecule has 0 radical (unpaired) electrons. The zero-order valence-corrected chi connectivity index (χ0v) is 17.3. The minimum Gasteiger partial charge on any atom is -0.426 e. The maximum Gasteiger partial charge on any atom is 0.572 e. The van der Waals surface area contributed by atoms with Gasteiger partial charge in [-0.3, -0.25) is 4.79 Å². The first-order chi connectivity index (χ1) is 15.0. The monoisotopic (exact) mass is 454 g/mol. The van der Waals surface area contributed by atoms with Crippen LogP contribution in [-0.4, -0.2) is 46.9 Å². The van der Waals surface area contributed by atoms with Crippen molar-refractivity contribution in [2.45, 2.75) is 38.0 Å². The van der Waals surface area contributed by atoms with Crippen molar-refractivity contribution in [1.82, 2.24) is 10.3 Å². The Kier molecular flexibility index (Phi) is 9.18. The Morgan fingerprint density at radius 1 is 1.31 bits per heavy atom. The summed E-state index contributed by atoms with van der Waals surface area (Å²) in [6.07, 6.45) is -0.256. The number of nitrogens with zero attached hydrogens (tertiary/aromatic N) is 1. The van der Waals surface area contributed by atoms with Gasteiger partial charge in [0.1, 0.15) is 5.76 Å². The van der Waals surface area contributed by atoms with E-state index in [1.165, 1.54) is 17.3 Å². The lowest BCUT2D eigenvalue weighted by atomic mass is 9.75. The summed E-state index contributed by atoms with van der Waals surface area (Å²) in [5, 5.41) is 22.9. The molecular formula is C20H26BF3N4O4. The van der Waals surface area contributed by atoms with E-state index in [9.17, 15) is 28.0 Å². The summed E-state index contributed by atoms with van der Waals surface area (Å²) in [7, 11) is -1.91. The van der Waals surface area contributed by atoms with Gasteiger partial charge in [-0.1, -0.05) is 36.4 Å². The average Bonchev–Trinajstić information content (AvgIpc) is 2.71. The highest BCUT2D eigenvalue weighted by Gasteiger charge is 2.33. The molecule has 7 N–H and O–H groups in total. The topological polar surface area (TPSA) is 134 Å². The van der Waals surface area contributed by atoms with E-state index in [0.29, 0.717) is 17.7 Å².